The molecule has 0 rings (SSSR count). The molecule has 17 heavy (non-hydrogen) atoms. The molecule has 0 radical (unpaired) electrons. The molecule has 0 aromatic heterocycles. The van der Waals surface area contributed by atoms with Gasteiger partial charge in [0.25, 0.3) is 0 Å². The number of ether oxygens (including phenoxy) is 2. The van der Waals surface area contributed by atoms with Crippen LogP contribution in [0.4, 0.5) is 0 Å². The van der Waals surface area contributed by atoms with Gasteiger partial charge < -0.3 is 19.9 Å². The lowest BCUT2D eigenvalue weighted by Crippen LogP contribution is -2.32. The zero-order valence-corrected chi connectivity index (χ0v) is 11.1. The molecular weight excluding hydrogens is 222 g/mol. The molecule has 102 valence electrons. The first kappa shape index (κ1) is 16.4. The fraction of sp³-hybridized carbons (Fsp3) is 0.917. The Morgan fingerprint density at radius 2 is 2.12 bits per heavy atom. The Hall–Kier alpha value is -0.650. The Morgan fingerprint density at radius 1 is 1.41 bits per heavy atom. The molecule has 0 saturated carbocycles. The van der Waals surface area contributed by atoms with E-state index in [1.165, 1.54) is 0 Å². The van der Waals surface area contributed by atoms with Crippen molar-refractivity contribution in [1.82, 2.24) is 5.32 Å². The van der Waals surface area contributed by atoms with Gasteiger partial charge in [0.15, 0.2) is 0 Å². The zero-order valence-electron chi connectivity index (χ0n) is 11.1. The van der Waals surface area contributed by atoms with Gasteiger partial charge in [-0.3, -0.25) is 0 Å². The van der Waals surface area contributed by atoms with Crippen LogP contribution in [0.1, 0.15) is 27.2 Å². The van der Waals surface area contributed by atoms with Crippen LogP contribution in [0, 0.1) is 5.41 Å². The molecule has 0 aromatic carbocycles. The van der Waals surface area contributed by atoms with Gasteiger partial charge in [0, 0.05) is 19.7 Å². The van der Waals surface area contributed by atoms with Crippen molar-refractivity contribution < 1.29 is 19.4 Å². The predicted octanol–water partition coefficient (Wildman–Crippen LogP) is 0.564. The molecule has 5 heteroatoms. The van der Waals surface area contributed by atoms with Crippen LogP contribution in [-0.4, -0.2) is 50.6 Å². The number of hydrogen-bond donors (Lipinski definition) is 2. The largest absolute Gasteiger partial charge is 0.464 e. The van der Waals surface area contributed by atoms with E-state index < -0.39 is 0 Å². The minimum atomic E-state index is -0.326. The fourth-order valence-electron chi connectivity index (χ4n) is 1.32. The first-order valence-corrected chi connectivity index (χ1v) is 6.07. The van der Waals surface area contributed by atoms with Crippen molar-refractivity contribution >= 4 is 5.97 Å². The molecule has 0 amide bonds. The summed E-state index contributed by atoms with van der Waals surface area (Å²) in [5.41, 5.74) is 0.0793. The molecule has 0 saturated heterocycles. The second-order valence-electron chi connectivity index (χ2n) is 4.67. The molecule has 0 fully saturated rings. The fourth-order valence-corrected chi connectivity index (χ4v) is 1.32. The number of esters is 1. The molecule has 0 unspecified atom stereocenters. The first-order valence-electron chi connectivity index (χ1n) is 6.07. The summed E-state index contributed by atoms with van der Waals surface area (Å²) in [7, 11) is 0. The molecule has 0 spiro atoms. The zero-order chi connectivity index (χ0) is 13.1. The third-order valence-electron chi connectivity index (χ3n) is 2.34. The van der Waals surface area contributed by atoms with Crippen molar-refractivity contribution in [2.75, 3.05) is 39.5 Å². The summed E-state index contributed by atoms with van der Waals surface area (Å²) < 4.78 is 9.86. The molecule has 0 atom stereocenters. The number of carbonyl (C=O) groups is 1. The van der Waals surface area contributed by atoms with Gasteiger partial charge in [-0.25, -0.2) is 4.79 Å². The number of carbonyl (C=O) groups excluding carboxylic acids is 1. The van der Waals surface area contributed by atoms with E-state index in [0.29, 0.717) is 19.8 Å². The summed E-state index contributed by atoms with van der Waals surface area (Å²) in [5.74, 6) is -0.326. The second-order valence-corrected chi connectivity index (χ2v) is 4.67. The van der Waals surface area contributed by atoms with Crippen LogP contribution in [0.5, 0.6) is 0 Å². The first-order chi connectivity index (χ1) is 8.02. The Balaban J connectivity index is 3.37. The van der Waals surface area contributed by atoms with E-state index in [-0.39, 0.29) is 24.6 Å². The lowest BCUT2D eigenvalue weighted by molar-refractivity contribution is -0.148. The summed E-state index contributed by atoms with van der Waals surface area (Å²) in [6.07, 6.45) is 0.768. The lowest BCUT2D eigenvalue weighted by Gasteiger charge is -2.23. The molecule has 5 nitrogen and oxygen atoms in total. The van der Waals surface area contributed by atoms with E-state index in [1.54, 1.807) is 6.92 Å². The van der Waals surface area contributed by atoms with Crippen molar-refractivity contribution in [2.45, 2.75) is 27.2 Å². The van der Waals surface area contributed by atoms with Crippen molar-refractivity contribution in [3.8, 4) is 0 Å². The maximum atomic E-state index is 10.9. The Kier molecular flexibility index (Phi) is 9.03. The number of aliphatic hydroxyl groups excluding tert-OH is 1. The minimum absolute atomic E-state index is 0.00948. The maximum absolute atomic E-state index is 10.9. The van der Waals surface area contributed by atoms with E-state index in [1.807, 2.05) is 0 Å². The van der Waals surface area contributed by atoms with Crippen LogP contribution >= 0.6 is 0 Å². The highest BCUT2D eigenvalue weighted by atomic mass is 16.6. The van der Waals surface area contributed by atoms with E-state index in [2.05, 4.69) is 19.2 Å². The van der Waals surface area contributed by atoms with E-state index in [9.17, 15) is 4.79 Å². The molecule has 0 aromatic rings. The third kappa shape index (κ3) is 10.2. The smallest absolute Gasteiger partial charge is 0.332 e. The monoisotopic (exact) mass is 247 g/mol. The number of aliphatic hydroxyl groups is 1. The maximum Gasteiger partial charge on any atom is 0.332 e. The van der Waals surface area contributed by atoms with Crippen LogP contribution in [0.15, 0.2) is 0 Å². The predicted molar refractivity (Wildman–Crippen MR) is 65.8 cm³/mol. The van der Waals surface area contributed by atoms with Gasteiger partial charge >= 0.3 is 5.97 Å². The molecule has 0 heterocycles. The van der Waals surface area contributed by atoms with Crippen LogP contribution in [0.25, 0.3) is 0 Å². The Labute approximate surface area is 103 Å². The summed E-state index contributed by atoms with van der Waals surface area (Å²) >= 11 is 0. The minimum Gasteiger partial charge on any atom is -0.464 e. The van der Waals surface area contributed by atoms with Crippen LogP contribution in [0.2, 0.25) is 0 Å². The highest BCUT2D eigenvalue weighted by Gasteiger charge is 2.15. The van der Waals surface area contributed by atoms with E-state index >= 15 is 0 Å². The number of hydrogen-bond acceptors (Lipinski definition) is 5. The van der Waals surface area contributed by atoms with Gasteiger partial charge in [0.2, 0.25) is 0 Å². The number of rotatable bonds is 10. The topological polar surface area (TPSA) is 67.8 Å². The molecule has 0 aliphatic rings. The van der Waals surface area contributed by atoms with Crippen molar-refractivity contribution in [3.05, 3.63) is 0 Å². The van der Waals surface area contributed by atoms with Gasteiger partial charge in [-0.15, -0.1) is 0 Å². The molecule has 2 N–H and O–H groups in total. The van der Waals surface area contributed by atoms with Gasteiger partial charge in [-0.2, -0.15) is 0 Å². The van der Waals surface area contributed by atoms with Crippen molar-refractivity contribution in [2.24, 2.45) is 5.41 Å². The van der Waals surface area contributed by atoms with E-state index in [0.717, 1.165) is 13.0 Å². The molecular formula is C12H25NO4. The summed E-state index contributed by atoms with van der Waals surface area (Å²) in [5, 5.41) is 12.1. The van der Waals surface area contributed by atoms with E-state index in [4.69, 9.17) is 14.6 Å². The van der Waals surface area contributed by atoms with Crippen molar-refractivity contribution in [1.29, 1.82) is 0 Å². The van der Waals surface area contributed by atoms with Gasteiger partial charge in [-0.1, -0.05) is 13.8 Å². The molecule has 0 aliphatic heterocycles. The number of nitrogens with one attached hydrogen (secondary N) is 1. The normalized spacial score (nSPS) is 11.5. The van der Waals surface area contributed by atoms with Gasteiger partial charge in [-0.05, 0) is 18.8 Å². The second kappa shape index (κ2) is 9.39. The quantitative estimate of drug-likeness (QED) is 0.436. The summed E-state index contributed by atoms with van der Waals surface area (Å²) in [4.78, 5) is 10.9. The summed E-state index contributed by atoms with van der Waals surface area (Å²) in [6, 6.07) is 0. The summed E-state index contributed by atoms with van der Waals surface area (Å²) in [6.45, 7) is 8.53. The Bertz CT molecular complexity index is 207. The highest BCUT2D eigenvalue weighted by Crippen LogP contribution is 2.17. The van der Waals surface area contributed by atoms with Crippen molar-refractivity contribution in [3.63, 3.8) is 0 Å². The standard InChI is InChI=1S/C12H25NO4/c1-4-17-11(15)9-16-8-6-13-10-12(2,3)5-7-14/h13-14H,4-10H2,1-3H3. The molecule has 0 aliphatic carbocycles. The third-order valence-corrected chi connectivity index (χ3v) is 2.34. The molecule has 0 bridgehead atoms. The Morgan fingerprint density at radius 3 is 2.71 bits per heavy atom. The lowest BCUT2D eigenvalue weighted by atomic mass is 9.90. The SMILES string of the molecule is CCOC(=O)COCCNCC(C)(C)CCO. The average Bonchev–Trinajstić information content (AvgIpc) is 2.23. The van der Waals surface area contributed by atoms with Crippen LogP contribution in [0.3, 0.4) is 0 Å². The average molecular weight is 247 g/mol. The van der Waals surface area contributed by atoms with Crippen LogP contribution in [-0.2, 0) is 14.3 Å². The van der Waals surface area contributed by atoms with Crippen LogP contribution < -0.4 is 5.32 Å². The van der Waals surface area contributed by atoms with Gasteiger partial charge in [0.1, 0.15) is 6.61 Å². The highest BCUT2D eigenvalue weighted by molar-refractivity contribution is 5.70. The van der Waals surface area contributed by atoms with Gasteiger partial charge in [0.05, 0.1) is 13.2 Å².